The number of hydrogen-bond acceptors (Lipinski definition) is 4. The lowest BCUT2D eigenvalue weighted by Crippen LogP contribution is -2.41. The normalized spacial score (nSPS) is 21.2. The summed E-state index contributed by atoms with van der Waals surface area (Å²) in [4.78, 5) is 14.0. The first kappa shape index (κ1) is 21.9. The summed E-state index contributed by atoms with van der Waals surface area (Å²) in [5, 5.41) is 0. The van der Waals surface area contributed by atoms with Crippen molar-refractivity contribution in [1.82, 2.24) is 4.90 Å². The van der Waals surface area contributed by atoms with E-state index < -0.39 is 5.60 Å². The zero-order valence-corrected chi connectivity index (χ0v) is 19.1. The lowest BCUT2D eigenvalue weighted by molar-refractivity contribution is 0.00578. The van der Waals surface area contributed by atoms with Gasteiger partial charge >= 0.3 is 13.2 Å². The third-order valence-electron chi connectivity index (χ3n) is 5.98. The van der Waals surface area contributed by atoms with E-state index in [0.717, 1.165) is 11.9 Å². The number of aryl methyl sites for hydroxylation is 1. The molecular weight excluding hydrogens is 365 g/mol. The number of hydrogen-bond donors (Lipinski definition) is 0. The Morgan fingerprint density at radius 2 is 1.76 bits per heavy atom. The van der Waals surface area contributed by atoms with Gasteiger partial charge in [-0.25, -0.2) is 4.79 Å². The van der Waals surface area contributed by atoms with Crippen molar-refractivity contribution in [2.24, 2.45) is 0 Å². The maximum atomic E-state index is 12.3. The lowest BCUT2D eigenvalue weighted by atomic mass is 9.77. The molecule has 2 aliphatic rings. The summed E-state index contributed by atoms with van der Waals surface area (Å²) in [7, 11) is -0.351. The summed E-state index contributed by atoms with van der Waals surface area (Å²) in [5.41, 5.74) is 3.55. The smallest absolute Gasteiger partial charge is 0.444 e. The topological polar surface area (TPSA) is 48.0 Å². The molecule has 0 unspecified atom stereocenters. The Labute approximate surface area is 175 Å². The molecule has 0 radical (unpaired) electrons. The molecule has 0 spiro atoms. The van der Waals surface area contributed by atoms with E-state index in [4.69, 9.17) is 14.0 Å². The van der Waals surface area contributed by atoms with E-state index in [1.165, 1.54) is 16.7 Å². The first-order chi connectivity index (χ1) is 13.3. The van der Waals surface area contributed by atoms with Crippen molar-refractivity contribution in [3.8, 4) is 0 Å². The van der Waals surface area contributed by atoms with E-state index in [-0.39, 0.29) is 24.4 Å². The molecule has 5 nitrogen and oxygen atoms in total. The monoisotopic (exact) mass is 399 g/mol. The van der Waals surface area contributed by atoms with Gasteiger partial charge in [0, 0.05) is 13.1 Å². The maximum Gasteiger partial charge on any atom is 0.494 e. The second-order valence-electron chi connectivity index (χ2n) is 10.1. The molecule has 0 bridgehead atoms. The zero-order chi connectivity index (χ0) is 21.6. The van der Waals surface area contributed by atoms with Crippen molar-refractivity contribution < 1.29 is 18.8 Å². The summed E-state index contributed by atoms with van der Waals surface area (Å²) < 4.78 is 17.8. The number of ether oxygens (including phenoxy) is 1. The van der Waals surface area contributed by atoms with Crippen LogP contribution in [0, 0.1) is 6.92 Å². The number of benzene rings is 1. The van der Waals surface area contributed by atoms with Gasteiger partial charge in [0.25, 0.3) is 0 Å². The van der Waals surface area contributed by atoms with Crippen LogP contribution in [0.15, 0.2) is 24.3 Å². The van der Waals surface area contributed by atoms with Gasteiger partial charge in [-0.05, 0) is 84.0 Å². The molecule has 1 amide bonds. The lowest BCUT2D eigenvalue weighted by Gasteiger charge is -2.32. The minimum absolute atomic E-state index is 0.249. The number of rotatable bonds is 2. The zero-order valence-electron chi connectivity index (χ0n) is 19.1. The highest BCUT2D eigenvalue weighted by molar-refractivity contribution is 6.62. The van der Waals surface area contributed by atoms with Gasteiger partial charge in [-0.3, -0.25) is 0 Å². The molecule has 1 aromatic carbocycles. The highest BCUT2D eigenvalue weighted by Gasteiger charge is 2.51. The summed E-state index contributed by atoms with van der Waals surface area (Å²) in [6, 6.07) is 6.38. The van der Waals surface area contributed by atoms with Gasteiger partial charge in [0.05, 0.1) is 11.2 Å². The van der Waals surface area contributed by atoms with Gasteiger partial charge in [-0.15, -0.1) is 0 Å². The van der Waals surface area contributed by atoms with Crippen LogP contribution in [0.3, 0.4) is 0 Å². The van der Waals surface area contributed by atoms with E-state index in [9.17, 15) is 4.79 Å². The SMILES string of the molecule is Cc1cc(B2OC(C)(C)C(C)(C)O2)ccc1C1=CCN(C(=O)OC(C)(C)C)CC1. The Morgan fingerprint density at radius 3 is 2.24 bits per heavy atom. The summed E-state index contributed by atoms with van der Waals surface area (Å²) >= 11 is 0. The van der Waals surface area contributed by atoms with Gasteiger partial charge in [-0.1, -0.05) is 24.3 Å². The fourth-order valence-electron chi connectivity index (χ4n) is 3.58. The Bertz CT molecular complexity index is 807. The molecule has 6 heteroatoms. The Hall–Kier alpha value is -1.79. The average Bonchev–Trinajstić information content (AvgIpc) is 2.81. The number of carbonyl (C=O) groups is 1. The number of carbonyl (C=O) groups excluding carboxylic acids is 1. The predicted molar refractivity (Wildman–Crippen MR) is 117 cm³/mol. The van der Waals surface area contributed by atoms with Crippen molar-refractivity contribution >= 4 is 24.2 Å². The molecule has 0 saturated carbocycles. The van der Waals surface area contributed by atoms with E-state index in [1.54, 1.807) is 4.90 Å². The molecule has 1 aromatic rings. The molecule has 29 heavy (non-hydrogen) atoms. The van der Waals surface area contributed by atoms with Crippen LogP contribution in [0.25, 0.3) is 5.57 Å². The van der Waals surface area contributed by atoms with Crippen LogP contribution >= 0.6 is 0 Å². The quantitative estimate of drug-likeness (QED) is 0.695. The number of nitrogens with zero attached hydrogens (tertiary/aromatic N) is 1. The second kappa shape index (κ2) is 7.48. The molecule has 0 aliphatic carbocycles. The molecule has 0 atom stereocenters. The van der Waals surface area contributed by atoms with Gasteiger partial charge < -0.3 is 18.9 Å². The highest BCUT2D eigenvalue weighted by atomic mass is 16.7. The van der Waals surface area contributed by atoms with Crippen LogP contribution in [0.4, 0.5) is 4.79 Å². The van der Waals surface area contributed by atoms with Crippen molar-refractivity contribution in [3.05, 3.63) is 35.4 Å². The summed E-state index contributed by atoms with van der Waals surface area (Å²) in [6.45, 7) is 17.3. The van der Waals surface area contributed by atoms with Crippen molar-refractivity contribution in [3.63, 3.8) is 0 Å². The predicted octanol–water partition coefficient (Wildman–Crippen LogP) is 4.32. The molecular formula is C23H34BNO4. The molecule has 1 fully saturated rings. The van der Waals surface area contributed by atoms with Gasteiger partial charge in [0.15, 0.2) is 0 Å². The van der Waals surface area contributed by atoms with E-state index >= 15 is 0 Å². The first-order valence-corrected chi connectivity index (χ1v) is 10.4. The van der Waals surface area contributed by atoms with Crippen LogP contribution in [0.5, 0.6) is 0 Å². The van der Waals surface area contributed by atoms with Crippen LogP contribution in [0.1, 0.15) is 66.0 Å². The summed E-state index contributed by atoms with van der Waals surface area (Å²) in [6.07, 6.45) is 2.70. The molecule has 2 aliphatic heterocycles. The average molecular weight is 399 g/mol. The van der Waals surface area contributed by atoms with Crippen molar-refractivity contribution in [2.75, 3.05) is 13.1 Å². The Morgan fingerprint density at radius 1 is 1.14 bits per heavy atom. The fourth-order valence-corrected chi connectivity index (χ4v) is 3.58. The van der Waals surface area contributed by atoms with Gasteiger partial charge in [-0.2, -0.15) is 0 Å². The van der Waals surface area contributed by atoms with Crippen LogP contribution in [-0.2, 0) is 14.0 Å². The third kappa shape index (κ3) is 4.70. The molecule has 0 aromatic heterocycles. The standard InChI is InChI=1S/C23H34BNO4/c1-16-15-18(24-28-22(5,6)23(7,8)29-24)9-10-19(16)17-11-13-25(14-12-17)20(26)27-21(2,3)4/h9-11,15H,12-14H2,1-8H3. The second-order valence-corrected chi connectivity index (χ2v) is 10.1. The largest absolute Gasteiger partial charge is 0.494 e. The van der Waals surface area contributed by atoms with Crippen LogP contribution in [-0.4, -0.2) is 48.0 Å². The summed E-state index contributed by atoms with van der Waals surface area (Å²) in [5.74, 6) is 0. The molecule has 158 valence electrons. The van der Waals surface area contributed by atoms with Crippen LogP contribution in [0.2, 0.25) is 0 Å². The Balaban J connectivity index is 1.71. The molecule has 1 saturated heterocycles. The van der Waals surface area contributed by atoms with Crippen LogP contribution < -0.4 is 5.46 Å². The third-order valence-corrected chi connectivity index (χ3v) is 5.98. The molecule has 3 rings (SSSR count). The highest BCUT2D eigenvalue weighted by Crippen LogP contribution is 2.36. The first-order valence-electron chi connectivity index (χ1n) is 10.4. The minimum atomic E-state index is -0.471. The maximum absolute atomic E-state index is 12.3. The van der Waals surface area contributed by atoms with Gasteiger partial charge in [0.2, 0.25) is 0 Å². The van der Waals surface area contributed by atoms with E-state index in [2.05, 4.69) is 58.9 Å². The molecule has 0 N–H and O–H groups in total. The van der Waals surface area contributed by atoms with E-state index in [1.807, 2.05) is 20.8 Å². The Kier molecular flexibility index (Phi) is 5.65. The molecule has 2 heterocycles. The van der Waals surface area contributed by atoms with Crippen molar-refractivity contribution in [2.45, 2.75) is 78.6 Å². The van der Waals surface area contributed by atoms with E-state index in [0.29, 0.717) is 13.1 Å². The van der Waals surface area contributed by atoms with Gasteiger partial charge in [0.1, 0.15) is 5.60 Å². The van der Waals surface area contributed by atoms with Crippen molar-refractivity contribution in [1.29, 1.82) is 0 Å². The minimum Gasteiger partial charge on any atom is -0.444 e. The number of amides is 1. The fraction of sp³-hybridized carbons (Fsp3) is 0.609.